The molecule has 3 nitrogen and oxygen atoms in total. The van der Waals surface area contributed by atoms with Crippen molar-refractivity contribution in [1.29, 1.82) is 0 Å². The number of alkyl halides is 3. The molecule has 0 radical (unpaired) electrons. The van der Waals surface area contributed by atoms with E-state index < -0.39 is 17.6 Å². The van der Waals surface area contributed by atoms with Crippen molar-refractivity contribution >= 4 is 18.3 Å². The van der Waals surface area contributed by atoms with Gasteiger partial charge in [-0.25, -0.2) is 0 Å². The van der Waals surface area contributed by atoms with Gasteiger partial charge in [-0.3, -0.25) is 4.79 Å². The van der Waals surface area contributed by atoms with Gasteiger partial charge in [-0.1, -0.05) is 12.1 Å². The lowest BCUT2D eigenvalue weighted by Gasteiger charge is -2.28. The monoisotopic (exact) mass is 280 g/mol. The molecule has 0 aromatic heterocycles. The van der Waals surface area contributed by atoms with Crippen LogP contribution in [0.15, 0.2) is 24.3 Å². The molecule has 1 fully saturated rings. The maximum absolute atomic E-state index is 12.6. The van der Waals surface area contributed by atoms with Crippen LogP contribution in [-0.4, -0.2) is 25.0 Å². The minimum atomic E-state index is -4.51. The molecule has 1 amide bonds. The molecule has 2 rings (SSSR count). The lowest BCUT2D eigenvalue weighted by molar-refractivity contribution is -0.137. The highest BCUT2D eigenvalue weighted by molar-refractivity contribution is 5.96. The van der Waals surface area contributed by atoms with E-state index in [1.807, 2.05) is 0 Å². The SMILES string of the molecule is Cl.O=C(NC1CNC1)c1ccccc1C(F)(F)F. The van der Waals surface area contributed by atoms with Crippen LogP contribution in [0.4, 0.5) is 13.2 Å². The van der Waals surface area contributed by atoms with Crippen LogP contribution >= 0.6 is 12.4 Å². The summed E-state index contributed by atoms with van der Waals surface area (Å²) in [6.07, 6.45) is -4.51. The third-order valence-electron chi connectivity index (χ3n) is 2.59. The molecule has 7 heteroatoms. The first kappa shape index (κ1) is 14.8. The summed E-state index contributed by atoms with van der Waals surface area (Å²) >= 11 is 0. The maximum Gasteiger partial charge on any atom is 0.417 e. The lowest BCUT2D eigenvalue weighted by atomic mass is 10.1. The molecular weight excluding hydrogens is 269 g/mol. The summed E-state index contributed by atoms with van der Waals surface area (Å²) in [5.74, 6) is -0.676. The Labute approximate surface area is 108 Å². The molecule has 0 spiro atoms. The summed E-state index contributed by atoms with van der Waals surface area (Å²) in [6, 6.07) is 4.70. The summed E-state index contributed by atoms with van der Waals surface area (Å²) in [5.41, 5.74) is -1.23. The van der Waals surface area contributed by atoms with E-state index in [1.165, 1.54) is 18.2 Å². The minimum Gasteiger partial charge on any atom is -0.347 e. The van der Waals surface area contributed by atoms with Crippen molar-refractivity contribution in [3.8, 4) is 0 Å². The first-order valence-corrected chi connectivity index (χ1v) is 5.16. The molecule has 0 saturated carbocycles. The van der Waals surface area contributed by atoms with E-state index in [9.17, 15) is 18.0 Å². The van der Waals surface area contributed by atoms with E-state index in [-0.39, 0.29) is 24.0 Å². The molecule has 1 aromatic rings. The number of carbonyl (C=O) groups excluding carboxylic acids is 1. The first-order valence-electron chi connectivity index (χ1n) is 5.16. The van der Waals surface area contributed by atoms with Gasteiger partial charge in [-0.2, -0.15) is 13.2 Å². The van der Waals surface area contributed by atoms with Crippen LogP contribution in [-0.2, 0) is 6.18 Å². The number of hydrogen-bond acceptors (Lipinski definition) is 2. The second-order valence-electron chi connectivity index (χ2n) is 3.87. The summed E-state index contributed by atoms with van der Waals surface area (Å²) in [4.78, 5) is 11.7. The average molecular weight is 281 g/mol. The Morgan fingerprint density at radius 1 is 1.28 bits per heavy atom. The van der Waals surface area contributed by atoms with Crippen molar-refractivity contribution in [3.05, 3.63) is 35.4 Å². The molecule has 2 N–H and O–H groups in total. The van der Waals surface area contributed by atoms with E-state index in [4.69, 9.17) is 0 Å². The molecule has 0 bridgehead atoms. The summed E-state index contributed by atoms with van der Waals surface area (Å²) in [6.45, 7) is 1.19. The zero-order valence-corrected chi connectivity index (χ0v) is 10.1. The molecule has 1 aliphatic rings. The Bertz CT molecular complexity index is 433. The third kappa shape index (κ3) is 3.14. The predicted molar refractivity (Wildman–Crippen MR) is 62.8 cm³/mol. The standard InChI is InChI=1S/C11H11F3N2O.ClH/c12-11(13,14)9-4-2-1-3-8(9)10(17)16-7-5-15-6-7;/h1-4,7,15H,5-6H2,(H,16,17);1H. The van der Waals surface area contributed by atoms with Gasteiger partial charge >= 0.3 is 6.18 Å². The topological polar surface area (TPSA) is 41.1 Å². The summed E-state index contributed by atoms with van der Waals surface area (Å²) < 4.78 is 37.9. The number of amides is 1. The van der Waals surface area contributed by atoms with E-state index in [0.717, 1.165) is 6.07 Å². The van der Waals surface area contributed by atoms with Crippen molar-refractivity contribution in [1.82, 2.24) is 10.6 Å². The molecular formula is C11H12ClF3N2O. The van der Waals surface area contributed by atoms with Crippen molar-refractivity contribution < 1.29 is 18.0 Å². The Hall–Kier alpha value is -1.27. The van der Waals surface area contributed by atoms with E-state index in [1.54, 1.807) is 0 Å². The van der Waals surface area contributed by atoms with Crippen molar-refractivity contribution in [3.63, 3.8) is 0 Å². The number of benzene rings is 1. The van der Waals surface area contributed by atoms with Crippen LogP contribution in [0, 0.1) is 0 Å². The van der Waals surface area contributed by atoms with Gasteiger partial charge < -0.3 is 10.6 Å². The Balaban J connectivity index is 0.00000162. The number of rotatable bonds is 2. The van der Waals surface area contributed by atoms with Crippen LogP contribution < -0.4 is 10.6 Å². The van der Waals surface area contributed by atoms with Crippen LogP contribution in [0.3, 0.4) is 0 Å². The molecule has 0 aliphatic carbocycles. The predicted octanol–water partition coefficient (Wildman–Crippen LogP) is 1.83. The van der Waals surface area contributed by atoms with Gasteiger partial charge in [0.25, 0.3) is 5.91 Å². The fourth-order valence-electron chi connectivity index (χ4n) is 1.58. The van der Waals surface area contributed by atoms with Gasteiger partial charge in [-0.15, -0.1) is 12.4 Å². The Morgan fingerprint density at radius 2 is 1.89 bits per heavy atom. The highest BCUT2D eigenvalue weighted by Gasteiger charge is 2.35. The normalized spacial score (nSPS) is 15.5. The molecule has 1 heterocycles. The van der Waals surface area contributed by atoms with E-state index >= 15 is 0 Å². The highest BCUT2D eigenvalue weighted by atomic mass is 35.5. The fourth-order valence-corrected chi connectivity index (χ4v) is 1.58. The second-order valence-corrected chi connectivity index (χ2v) is 3.87. The second kappa shape index (κ2) is 5.58. The molecule has 100 valence electrons. The van der Waals surface area contributed by atoms with Crippen molar-refractivity contribution in [2.24, 2.45) is 0 Å². The van der Waals surface area contributed by atoms with Crippen molar-refractivity contribution in [2.75, 3.05) is 13.1 Å². The van der Waals surface area contributed by atoms with Crippen LogP contribution in [0.1, 0.15) is 15.9 Å². The molecule has 0 atom stereocenters. The quantitative estimate of drug-likeness (QED) is 0.868. The van der Waals surface area contributed by atoms with Crippen molar-refractivity contribution in [2.45, 2.75) is 12.2 Å². The number of carbonyl (C=O) groups is 1. The Kier molecular flexibility index (Phi) is 4.59. The smallest absolute Gasteiger partial charge is 0.347 e. The summed E-state index contributed by atoms with van der Waals surface area (Å²) in [7, 11) is 0. The van der Waals surface area contributed by atoms with Gasteiger partial charge in [0.1, 0.15) is 0 Å². The minimum absolute atomic E-state index is 0. The van der Waals surface area contributed by atoms with E-state index in [2.05, 4.69) is 10.6 Å². The van der Waals surface area contributed by atoms with Gasteiger partial charge in [0, 0.05) is 13.1 Å². The number of nitrogens with one attached hydrogen (secondary N) is 2. The molecule has 18 heavy (non-hydrogen) atoms. The lowest BCUT2D eigenvalue weighted by Crippen LogP contribution is -2.57. The molecule has 0 unspecified atom stereocenters. The van der Waals surface area contributed by atoms with Crippen LogP contribution in [0.2, 0.25) is 0 Å². The van der Waals surface area contributed by atoms with Crippen LogP contribution in [0.5, 0.6) is 0 Å². The van der Waals surface area contributed by atoms with Gasteiger partial charge in [0.2, 0.25) is 0 Å². The largest absolute Gasteiger partial charge is 0.417 e. The average Bonchev–Trinajstić information content (AvgIpc) is 2.22. The number of halogens is 4. The Morgan fingerprint density at radius 3 is 2.39 bits per heavy atom. The van der Waals surface area contributed by atoms with Gasteiger partial charge in [0.05, 0.1) is 17.2 Å². The number of hydrogen-bond donors (Lipinski definition) is 2. The van der Waals surface area contributed by atoms with E-state index in [0.29, 0.717) is 13.1 Å². The zero-order chi connectivity index (χ0) is 12.5. The fraction of sp³-hybridized carbons (Fsp3) is 0.364. The van der Waals surface area contributed by atoms with Gasteiger partial charge in [0.15, 0.2) is 0 Å². The zero-order valence-electron chi connectivity index (χ0n) is 9.25. The molecule has 1 saturated heterocycles. The maximum atomic E-state index is 12.6. The molecule has 1 aliphatic heterocycles. The van der Waals surface area contributed by atoms with Gasteiger partial charge in [-0.05, 0) is 12.1 Å². The molecule has 1 aromatic carbocycles. The third-order valence-corrected chi connectivity index (χ3v) is 2.59. The summed E-state index contributed by atoms with van der Waals surface area (Å²) in [5, 5.41) is 5.47. The first-order chi connectivity index (χ1) is 7.98. The highest BCUT2D eigenvalue weighted by Crippen LogP contribution is 2.31. The van der Waals surface area contributed by atoms with Crippen LogP contribution in [0.25, 0.3) is 0 Å².